The van der Waals surface area contributed by atoms with Crippen molar-refractivity contribution in [3.8, 4) is 0 Å². The van der Waals surface area contributed by atoms with Gasteiger partial charge in [-0.15, -0.1) is 0 Å². The maximum atomic E-state index is 14.2. The van der Waals surface area contributed by atoms with Crippen molar-refractivity contribution in [2.45, 2.75) is 56.7 Å². The normalized spacial score (nSPS) is 32.0. The maximum Gasteiger partial charge on any atom is 0.225 e. The van der Waals surface area contributed by atoms with Gasteiger partial charge in [0.1, 0.15) is 17.7 Å². The molecular weight excluding hydrogens is 388 g/mol. The summed E-state index contributed by atoms with van der Waals surface area (Å²) in [7, 11) is 0. The molecular formula is C23H31F2N3O2. The number of halogens is 2. The molecule has 1 saturated carbocycles. The van der Waals surface area contributed by atoms with E-state index in [4.69, 9.17) is 10.5 Å². The van der Waals surface area contributed by atoms with Crippen LogP contribution < -0.4 is 5.73 Å². The van der Waals surface area contributed by atoms with Gasteiger partial charge in [-0.05, 0) is 75.2 Å². The molecule has 5 rings (SSSR count). The molecule has 3 heterocycles. The second kappa shape index (κ2) is 7.84. The first-order chi connectivity index (χ1) is 14.4. The van der Waals surface area contributed by atoms with Gasteiger partial charge in [-0.1, -0.05) is 0 Å². The van der Waals surface area contributed by atoms with Crippen molar-refractivity contribution in [2.75, 3.05) is 32.8 Å². The predicted octanol–water partition coefficient (Wildman–Crippen LogP) is 2.85. The van der Waals surface area contributed by atoms with Gasteiger partial charge in [-0.25, -0.2) is 8.78 Å². The average molecular weight is 420 g/mol. The van der Waals surface area contributed by atoms with Crippen LogP contribution >= 0.6 is 0 Å². The largest absolute Gasteiger partial charge is 0.370 e. The lowest BCUT2D eigenvalue weighted by molar-refractivity contribution is -0.132. The Kier molecular flexibility index (Phi) is 5.32. The number of rotatable bonds is 3. The second-order valence-electron chi connectivity index (χ2n) is 9.79. The number of benzene rings is 1. The number of likely N-dealkylation sites (tertiary alicyclic amines) is 2. The van der Waals surface area contributed by atoms with E-state index in [9.17, 15) is 13.6 Å². The molecule has 1 aliphatic carbocycles. The number of piperidine rings is 1. The van der Waals surface area contributed by atoms with Crippen molar-refractivity contribution in [3.05, 3.63) is 35.4 Å². The summed E-state index contributed by atoms with van der Waals surface area (Å²) in [6.07, 6.45) is 5.53. The van der Waals surface area contributed by atoms with Crippen LogP contribution in [0, 0.1) is 23.0 Å². The molecule has 3 saturated heterocycles. The molecule has 30 heavy (non-hydrogen) atoms. The SMILES string of the molecule is NC1CC(N2CCC3(CCN(C(=O)C4CC4)C3)CC2)COC1c1cc(F)ccc1F. The Balaban J connectivity index is 1.16. The van der Waals surface area contributed by atoms with Crippen molar-refractivity contribution in [2.24, 2.45) is 17.1 Å². The van der Waals surface area contributed by atoms with E-state index in [1.165, 1.54) is 6.07 Å². The molecule has 164 valence electrons. The molecule has 0 bridgehead atoms. The maximum absolute atomic E-state index is 14.2. The third kappa shape index (κ3) is 3.87. The number of hydrogen-bond donors (Lipinski definition) is 1. The summed E-state index contributed by atoms with van der Waals surface area (Å²) in [5, 5.41) is 0. The second-order valence-corrected chi connectivity index (χ2v) is 9.79. The molecule has 7 heteroatoms. The van der Waals surface area contributed by atoms with Crippen molar-refractivity contribution >= 4 is 5.91 Å². The molecule has 4 fully saturated rings. The van der Waals surface area contributed by atoms with Gasteiger partial charge in [0.05, 0.1) is 6.61 Å². The Bertz CT molecular complexity index is 808. The predicted molar refractivity (Wildman–Crippen MR) is 109 cm³/mol. The Morgan fingerprint density at radius 3 is 2.57 bits per heavy atom. The van der Waals surface area contributed by atoms with E-state index >= 15 is 0 Å². The number of carbonyl (C=O) groups is 1. The minimum Gasteiger partial charge on any atom is -0.370 e. The van der Waals surface area contributed by atoms with Gasteiger partial charge in [0.25, 0.3) is 0 Å². The van der Waals surface area contributed by atoms with Crippen molar-refractivity contribution in [1.29, 1.82) is 0 Å². The topological polar surface area (TPSA) is 58.8 Å². The van der Waals surface area contributed by atoms with Crippen LogP contribution in [-0.4, -0.2) is 60.6 Å². The van der Waals surface area contributed by atoms with Crippen molar-refractivity contribution in [1.82, 2.24) is 9.80 Å². The molecule has 4 aliphatic rings. The Morgan fingerprint density at radius 1 is 1.13 bits per heavy atom. The molecule has 0 aromatic heterocycles. The molecule has 1 aromatic rings. The summed E-state index contributed by atoms with van der Waals surface area (Å²) >= 11 is 0. The van der Waals surface area contributed by atoms with E-state index in [-0.39, 0.29) is 23.1 Å². The highest BCUT2D eigenvalue weighted by Crippen LogP contribution is 2.43. The van der Waals surface area contributed by atoms with E-state index in [0.717, 1.165) is 70.4 Å². The van der Waals surface area contributed by atoms with Crippen LogP contribution in [0.4, 0.5) is 8.78 Å². The van der Waals surface area contributed by atoms with Crippen LogP contribution in [0.25, 0.3) is 0 Å². The summed E-state index contributed by atoms with van der Waals surface area (Å²) in [5.41, 5.74) is 6.83. The van der Waals surface area contributed by atoms with Gasteiger partial charge in [0.15, 0.2) is 0 Å². The highest BCUT2D eigenvalue weighted by atomic mass is 19.1. The number of amides is 1. The zero-order valence-electron chi connectivity index (χ0n) is 17.4. The fourth-order valence-corrected chi connectivity index (χ4v) is 5.64. The average Bonchev–Trinajstić information content (AvgIpc) is 3.52. The zero-order valence-corrected chi connectivity index (χ0v) is 17.4. The number of nitrogens with two attached hydrogens (primary N) is 1. The lowest BCUT2D eigenvalue weighted by atomic mass is 9.77. The van der Waals surface area contributed by atoms with Gasteiger partial charge >= 0.3 is 0 Å². The molecule has 3 unspecified atom stereocenters. The highest BCUT2D eigenvalue weighted by Gasteiger charge is 2.46. The van der Waals surface area contributed by atoms with Crippen LogP contribution in [0.15, 0.2) is 18.2 Å². The molecule has 5 nitrogen and oxygen atoms in total. The minimum atomic E-state index is -0.607. The van der Waals surface area contributed by atoms with E-state index < -0.39 is 17.7 Å². The first-order valence-electron chi connectivity index (χ1n) is 11.3. The van der Waals surface area contributed by atoms with Crippen LogP contribution in [0.2, 0.25) is 0 Å². The number of ether oxygens (including phenoxy) is 1. The lowest BCUT2D eigenvalue weighted by Crippen LogP contribution is -2.53. The summed E-state index contributed by atoms with van der Waals surface area (Å²) in [5.74, 6) is -0.272. The van der Waals surface area contributed by atoms with E-state index in [0.29, 0.717) is 24.9 Å². The van der Waals surface area contributed by atoms with Crippen molar-refractivity contribution in [3.63, 3.8) is 0 Å². The fourth-order valence-electron chi connectivity index (χ4n) is 5.64. The summed E-state index contributed by atoms with van der Waals surface area (Å²) < 4.78 is 33.7. The molecule has 2 N–H and O–H groups in total. The first kappa shape index (κ1) is 20.3. The molecule has 3 aliphatic heterocycles. The standard InChI is InChI=1S/C23H31F2N3O2/c24-16-3-4-19(25)18(11-16)21-20(26)12-17(13-30-21)27-8-5-23(6-9-27)7-10-28(14-23)22(29)15-1-2-15/h3-4,11,15,17,20-21H,1-2,5-10,12-14,26H2. The summed E-state index contributed by atoms with van der Waals surface area (Å²) in [6.45, 7) is 4.26. The molecule has 3 atom stereocenters. The lowest BCUT2D eigenvalue weighted by Gasteiger charge is -2.45. The monoisotopic (exact) mass is 419 g/mol. The highest BCUT2D eigenvalue weighted by molar-refractivity contribution is 5.81. The number of carbonyl (C=O) groups excluding carboxylic acids is 1. The van der Waals surface area contributed by atoms with Crippen LogP contribution in [-0.2, 0) is 9.53 Å². The Morgan fingerprint density at radius 2 is 1.87 bits per heavy atom. The van der Waals surface area contributed by atoms with Gasteiger partial charge in [0, 0.05) is 36.7 Å². The van der Waals surface area contributed by atoms with Gasteiger partial charge in [-0.2, -0.15) is 0 Å². The summed E-state index contributed by atoms with van der Waals surface area (Å²) in [6, 6.07) is 3.28. The van der Waals surface area contributed by atoms with E-state index in [1.54, 1.807) is 0 Å². The third-order valence-electron chi connectivity index (χ3n) is 7.72. The van der Waals surface area contributed by atoms with Crippen LogP contribution in [0.1, 0.15) is 50.2 Å². The molecule has 1 aromatic carbocycles. The van der Waals surface area contributed by atoms with E-state index in [1.807, 2.05) is 0 Å². The minimum absolute atomic E-state index is 0.204. The smallest absolute Gasteiger partial charge is 0.225 e. The van der Waals surface area contributed by atoms with E-state index in [2.05, 4.69) is 9.80 Å². The number of hydrogen-bond acceptors (Lipinski definition) is 4. The molecule has 1 amide bonds. The number of nitrogens with zero attached hydrogens (tertiary/aromatic N) is 2. The fraction of sp³-hybridized carbons (Fsp3) is 0.696. The molecule has 0 radical (unpaired) electrons. The van der Waals surface area contributed by atoms with Crippen molar-refractivity contribution < 1.29 is 18.3 Å². The Labute approximate surface area is 176 Å². The Hall–Kier alpha value is -1.57. The molecule has 1 spiro atoms. The zero-order chi connectivity index (χ0) is 20.9. The summed E-state index contributed by atoms with van der Waals surface area (Å²) in [4.78, 5) is 17.0. The van der Waals surface area contributed by atoms with Crippen LogP contribution in [0.3, 0.4) is 0 Å². The quantitative estimate of drug-likeness (QED) is 0.819. The van der Waals surface area contributed by atoms with Gasteiger partial charge < -0.3 is 15.4 Å². The first-order valence-corrected chi connectivity index (χ1v) is 11.3. The van der Waals surface area contributed by atoms with Gasteiger partial charge in [-0.3, -0.25) is 9.69 Å². The van der Waals surface area contributed by atoms with Gasteiger partial charge in [0.2, 0.25) is 5.91 Å². The third-order valence-corrected chi connectivity index (χ3v) is 7.72. The van der Waals surface area contributed by atoms with Crippen LogP contribution in [0.5, 0.6) is 0 Å².